The number of phenolic OH excluding ortho intramolecular Hbond substituents is 1. The van der Waals surface area contributed by atoms with E-state index in [4.69, 9.17) is 14.2 Å². The zero-order valence-corrected chi connectivity index (χ0v) is 13.7. The standard InChI is InChI=1S/C18H19NO5/c1-22-16-10-12(11-17(23-2)18(16)24-3)14(20)8-9-19-13-6-4-5-7-15(13)21/h4-11,19,21H,1-3H3/b9-8+. The Morgan fingerprint density at radius 2 is 1.67 bits per heavy atom. The van der Waals surface area contributed by atoms with Crippen molar-refractivity contribution in [3.05, 3.63) is 54.2 Å². The van der Waals surface area contributed by atoms with Crippen LogP contribution in [0.1, 0.15) is 10.4 Å². The topological polar surface area (TPSA) is 77.0 Å². The van der Waals surface area contributed by atoms with Gasteiger partial charge in [0.25, 0.3) is 0 Å². The number of para-hydroxylation sites is 2. The average Bonchev–Trinajstić information content (AvgIpc) is 2.61. The fourth-order valence-electron chi connectivity index (χ4n) is 2.12. The van der Waals surface area contributed by atoms with Gasteiger partial charge in [-0.25, -0.2) is 0 Å². The zero-order valence-electron chi connectivity index (χ0n) is 13.7. The summed E-state index contributed by atoms with van der Waals surface area (Å²) in [4.78, 5) is 12.3. The van der Waals surface area contributed by atoms with Gasteiger partial charge in [0.2, 0.25) is 5.75 Å². The van der Waals surface area contributed by atoms with Crippen LogP contribution in [0, 0.1) is 0 Å². The van der Waals surface area contributed by atoms with Crippen LogP contribution in [0.15, 0.2) is 48.7 Å². The van der Waals surface area contributed by atoms with Crippen LogP contribution in [0.3, 0.4) is 0 Å². The predicted molar refractivity (Wildman–Crippen MR) is 91.3 cm³/mol. The second-order valence-corrected chi connectivity index (χ2v) is 4.77. The lowest BCUT2D eigenvalue weighted by Gasteiger charge is -2.13. The number of ether oxygens (including phenoxy) is 3. The van der Waals surface area contributed by atoms with Crippen LogP contribution in [0.2, 0.25) is 0 Å². The number of phenols is 1. The van der Waals surface area contributed by atoms with Gasteiger partial charge in [0.05, 0.1) is 27.0 Å². The van der Waals surface area contributed by atoms with Gasteiger partial charge < -0.3 is 24.6 Å². The van der Waals surface area contributed by atoms with E-state index in [9.17, 15) is 9.90 Å². The van der Waals surface area contributed by atoms with Gasteiger partial charge in [-0.05, 0) is 24.3 Å². The molecule has 0 heterocycles. The number of methoxy groups -OCH3 is 3. The molecule has 0 aliphatic carbocycles. The van der Waals surface area contributed by atoms with Gasteiger partial charge in [-0.1, -0.05) is 12.1 Å². The molecule has 0 amide bonds. The highest BCUT2D eigenvalue weighted by atomic mass is 16.5. The van der Waals surface area contributed by atoms with E-state index < -0.39 is 0 Å². The van der Waals surface area contributed by atoms with Crippen molar-refractivity contribution in [1.82, 2.24) is 0 Å². The van der Waals surface area contributed by atoms with E-state index >= 15 is 0 Å². The molecular weight excluding hydrogens is 310 g/mol. The maximum absolute atomic E-state index is 12.3. The Hall–Kier alpha value is -3.15. The van der Waals surface area contributed by atoms with Gasteiger partial charge in [-0.15, -0.1) is 0 Å². The number of nitrogens with one attached hydrogen (secondary N) is 1. The molecule has 6 heteroatoms. The highest BCUT2D eigenvalue weighted by Gasteiger charge is 2.15. The van der Waals surface area contributed by atoms with Crippen LogP contribution in [0.25, 0.3) is 0 Å². The number of ketones is 1. The minimum absolute atomic E-state index is 0.0994. The lowest BCUT2D eigenvalue weighted by Crippen LogP contribution is -2.01. The molecule has 2 aromatic rings. The van der Waals surface area contributed by atoms with Crippen molar-refractivity contribution in [3.8, 4) is 23.0 Å². The Balaban J connectivity index is 2.20. The lowest BCUT2D eigenvalue weighted by atomic mass is 10.1. The molecule has 0 saturated carbocycles. The fourth-order valence-corrected chi connectivity index (χ4v) is 2.12. The van der Waals surface area contributed by atoms with Gasteiger partial charge in [0, 0.05) is 17.8 Å². The van der Waals surface area contributed by atoms with E-state index in [2.05, 4.69) is 5.32 Å². The van der Waals surface area contributed by atoms with Crippen LogP contribution in [-0.4, -0.2) is 32.2 Å². The smallest absolute Gasteiger partial charge is 0.203 e. The van der Waals surface area contributed by atoms with E-state index in [1.807, 2.05) is 0 Å². The van der Waals surface area contributed by atoms with Crippen molar-refractivity contribution >= 4 is 11.5 Å². The number of benzene rings is 2. The first-order valence-corrected chi connectivity index (χ1v) is 7.16. The number of rotatable bonds is 7. The largest absolute Gasteiger partial charge is 0.506 e. The van der Waals surface area contributed by atoms with E-state index in [1.54, 1.807) is 36.4 Å². The molecule has 0 fully saturated rings. The van der Waals surface area contributed by atoms with Crippen molar-refractivity contribution in [2.45, 2.75) is 0 Å². The number of allylic oxidation sites excluding steroid dienone is 1. The normalized spacial score (nSPS) is 10.5. The molecular formula is C18H19NO5. The predicted octanol–water partition coefficient (Wildman–Crippen LogP) is 3.23. The molecule has 0 aliphatic heterocycles. The summed E-state index contributed by atoms with van der Waals surface area (Å²) in [6, 6.07) is 9.89. The molecule has 2 aromatic carbocycles. The second-order valence-electron chi connectivity index (χ2n) is 4.77. The average molecular weight is 329 g/mol. The van der Waals surface area contributed by atoms with Gasteiger partial charge in [0.1, 0.15) is 5.75 Å². The Labute approximate surface area is 140 Å². The Bertz CT molecular complexity index is 730. The SMILES string of the molecule is COc1cc(C(=O)/C=C/Nc2ccccc2O)cc(OC)c1OC. The Morgan fingerprint density at radius 1 is 1.04 bits per heavy atom. The first-order valence-electron chi connectivity index (χ1n) is 7.16. The molecule has 0 bridgehead atoms. The van der Waals surface area contributed by atoms with E-state index in [0.29, 0.717) is 28.5 Å². The molecule has 24 heavy (non-hydrogen) atoms. The van der Waals surface area contributed by atoms with Crippen LogP contribution < -0.4 is 19.5 Å². The number of hydrogen-bond acceptors (Lipinski definition) is 6. The first kappa shape index (κ1) is 17.2. The van der Waals surface area contributed by atoms with Gasteiger partial charge in [-0.2, -0.15) is 0 Å². The molecule has 2 N–H and O–H groups in total. The summed E-state index contributed by atoms with van der Waals surface area (Å²) in [6.45, 7) is 0. The van der Waals surface area contributed by atoms with Crippen LogP contribution in [0.5, 0.6) is 23.0 Å². The van der Waals surface area contributed by atoms with Crippen LogP contribution in [-0.2, 0) is 0 Å². The Morgan fingerprint density at radius 3 is 2.21 bits per heavy atom. The second kappa shape index (κ2) is 7.92. The van der Waals surface area contributed by atoms with Gasteiger partial charge >= 0.3 is 0 Å². The summed E-state index contributed by atoms with van der Waals surface area (Å²) in [7, 11) is 4.47. The number of hydrogen-bond donors (Lipinski definition) is 2. The van der Waals surface area contributed by atoms with Gasteiger partial charge in [-0.3, -0.25) is 4.79 Å². The number of carbonyl (C=O) groups excluding carboxylic acids is 1. The van der Waals surface area contributed by atoms with Crippen molar-refractivity contribution in [2.24, 2.45) is 0 Å². The molecule has 126 valence electrons. The summed E-state index contributed by atoms with van der Waals surface area (Å²) in [6.07, 6.45) is 2.81. The van der Waals surface area contributed by atoms with E-state index in [-0.39, 0.29) is 11.5 Å². The summed E-state index contributed by atoms with van der Waals surface area (Å²) in [5.41, 5.74) is 0.895. The highest BCUT2D eigenvalue weighted by molar-refractivity contribution is 6.05. The Kier molecular flexibility index (Phi) is 5.68. The minimum atomic E-state index is -0.253. The summed E-state index contributed by atoms with van der Waals surface area (Å²) in [5, 5.41) is 12.5. The quantitative estimate of drug-likeness (QED) is 0.461. The van der Waals surface area contributed by atoms with Crippen molar-refractivity contribution in [3.63, 3.8) is 0 Å². The molecule has 0 spiro atoms. The zero-order chi connectivity index (χ0) is 17.5. The molecule has 0 atom stereocenters. The van der Waals surface area contributed by atoms with Crippen molar-refractivity contribution in [1.29, 1.82) is 0 Å². The van der Waals surface area contributed by atoms with Crippen molar-refractivity contribution < 1.29 is 24.1 Å². The third kappa shape index (κ3) is 3.78. The number of aromatic hydroxyl groups is 1. The number of anilines is 1. The maximum atomic E-state index is 12.3. The maximum Gasteiger partial charge on any atom is 0.203 e. The minimum Gasteiger partial charge on any atom is -0.506 e. The summed E-state index contributed by atoms with van der Waals surface area (Å²) in [5.74, 6) is 1.08. The molecule has 0 unspecified atom stereocenters. The number of carbonyl (C=O) groups is 1. The summed E-state index contributed by atoms with van der Waals surface area (Å²) >= 11 is 0. The third-order valence-electron chi connectivity index (χ3n) is 3.33. The lowest BCUT2D eigenvalue weighted by molar-refractivity contribution is 0.104. The molecule has 0 aromatic heterocycles. The van der Waals surface area contributed by atoms with E-state index in [1.165, 1.54) is 33.6 Å². The highest BCUT2D eigenvalue weighted by Crippen LogP contribution is 2.38. The fraction of sp³-hybridized carbons (Fsp3) is 0.167. The molecule has 2 rings (SSSR count). The monoisotopic (exact) mass is 329 g/mol. The molecule has 6 nitrogen and oxygen atoms in total. The molecule has 0 aliphatic rings. The van der Waals surface area contributed by atoms with Crippen molar-refractivity contribution in [2.75, 3.05) is 26.6 Å². The summed E-state index contributed by atoms with van der Waals surface area (Å²) < 4.78 is 15.7. The van der Waals surface area contributed by atoms with E-state index in [0.717, 1.165) is 0 Å². The van der Waals surface area contributed by atoms with Crippen LogP contribution in [0.4, 0.5) is 5.69 Å². The third-order valence-corrected chi connectivity index (χ3v) is 3.33. The van der Waals surface area contributed by atoms with Gasteiger partial charge in [0.15, 0.2) is 17.3 Å². The van der Waals surface area contributed by atoms with Crippen LogP contribution >= 0.6 is 0 Å². The molecule has 0 saturated heterocycles. The molecule has 0 radical (unpaired) electrons. The first-order chi connectivity index (χ1) is 11.6.